The van der Waals surface area contributed by atoms with Crippen molar-refractivity contribution in [3.63, 3.8) is 0 Å². The summed E-state index contributed by atoms with van der Waals surface area (Å²) in [4.78, 5) is 17.5. The molecule has 1 fully saturated rings. The van der Waals surface area contributed by atoms with Crippen LogP contribution < -0.4 is 16.0 Å². The first-order chi connectivity index (χ1) is 12.7. The monoisotopic (exact) mass is 372 g/mol. The van der Waals surface area contributed by atoms with Gasteiger partial charge in [0.05, 0.1) is 12.1 Å². The third kappa shape index (κ3) is 5.72. The number of nitrogens with zero attached hydrogens (tertiary/aromatic N) is 1. The number of pyridine rings is 1. The molecule has 2 amide bonds. The Bertz CT molecular complexity index is 696. The topological polar surface area (TPSA) is 86.3 Å². The van der Waals surface area contributed by atoms with Crippen LogP contribution in [0.3, 0.4) is 0 Å². The van der Waals surface area contributed by atoms with Gasteiger partial charge in [-0.15, -0.1) is 11.8 Å². The zero-order valence-corrected chi connectivity index (χ0v) is 15.3. The summed E-state index contributed by atoms with van der Waals surface area (Å²) < 4.78 is 0. The van der Waals surface area contributed by atoms with Crippen molar-refractivity contribution in [1.82, 2.24) is 15.6 Å². The molecule has 6 nitrogen and oxygen atoms in total. The van der Waals surface area contributed by atoms with Crippen LogP contribution in [0.1, 0.15) is 12.1 Å². The summed E-state index contributed by atoms with van der Waals surface area (Å²) in [5.41, 5.74) is 1.82. The summed E-state index contributed by atoms with van der Waals surface area (Å²) in [5.74, 6) is 0.955. The number of urea groups is 1. The fourth-order valence-electron chi connectivity index (χ4n) is 2.78. The van der Waals surface area contributed by atoms with Gasteiger partial charge in [0, 0.05) is 34.8 Å². The number of carbonyl (C=O) groups excluding carboxylic acids is 1. The Labute approximate surface area is 157 Å². The van der Waals surface area contributed by atoms with Crippen LogP contribution in [0, 0.1) is 0 Å². The van der Waals surface area contributed by atoms with Gasteiger partial charge in [0.25, 0.3) is 0 Å². The molecule has 1 aromatic carbocycles. The van der Waals surface area contributed by atoms with Gasteiger partial charge in [-0.05, 0) is 55.8 Å². The van der Waals surface area contributed by atoms with Crippen LogP contribution in [0.5, 0.6) is 0 Å². The normalized spacial score (nSPS) is 19.7. The lowest BCUT2D eigenvalue weighted by Gasteiger charge is -2.29. The zero-order valence-electron chi connectivity index (χ0n) is 14.5. The van der Waals surface area contributed by atoms with Crippen molar-refractivity contribution in [2.24, 2.45) is 0 Å². The second kappa shape index (κ2) is 9.56. The van der Waals surface area contributed by atoms with Crippen LogP contribution >= 0.6 is 11.8 Å². The van der Waals surface area contributed by atoms with Crippen molar-refractivity contribution in [1.29, 1.82) is 0 Å². The summed E-state index contributed by atoms with van der Waals surface area (Å²) >= 11 is 1.76. The lowest BCUT2D eigenvalue weighted by atomic mass is 10.0. The lowest BCUT2D eigenvalue weighted by molar-refractivity contribution is 0.103. The first-order valence-electron chi connectivity index (χ1n) is 8.80. The standard InChI is InChI=1S/C19H24N4O2S/c24-18-8-11-20-13-17(18)23-19(25)22-15-4-6-16(7-5-15)26-12-9-14-3-1-2-10-21-14/h1-7,10,17-18,20,24H,8-9,11-13H2,(H2,22,23,25)/t17-,18-/m1/s1. The van der Waals surface area contributed by atoms with Gasteiger partial charge in [0.1, 0.15) is 0 Å². The van der Waals surface area contributed by atoms with Crippen molar-refractivity contribution in [3.05, 3.63) is 54.4 Å². The highest BCUT2D eigenvalue weighted by Gasteiger charge is 2.24. The Balaban J connectivity index is 1.42. The second-order valence-corrected chi connectivity index (χ2v) is 7.38. The van der Waals surface area contributed by atoms with Gasteiger partial charge in [-0.25, -0.2) is 4.79 Å². The summed E-state index contributed by atoms with van der Waals surface area (Å²) in [6, 6.07) is 13.2. The maximum atomic E-state index is 12.1. The number of benzene rings is 1. The third-order valence-electron chi connectivity index (χ3n) is 4.23. The number of anilines is 1. The van der Waals surface area contributed by atoms with E-state index in [4.69, 9.17) is 0 Å². The van der Waals surface area contributed by atoms with Crippen molar-refractivity contribution in [2.45, 2.75) is 29.9 Å². The predicted octanol–water partition coefficient (Wildman–Crippen LogP) is 2.26. The molecule has 0 saturated carbocycles. The molecule has 7 heteroatoms. The SMILES string of the molecule is O=C(Nc1ccc(SCCc2ccccn2)cc1)N[C@@H]1CNCC[C@H]1O. The molecule has 1 aromatic heterocycles. The maximum Gasteiger partial charge on any atom is 0.319 e. The van der Waals surface area contributed by atoms with E-state index >= 15 is 0 Å². The van der Waals surface area contributed by atoms with Gasteiger partial charge in [0.2, 0.25) is 0 Å². The molecule has 0 bridgehead atoms. The van der Waals surface area contributed by atoms with E-state index in [1.54, 1.807) is 11.8 Å². The molecule has 0 unspecified atom stereocenters. The second-order valence-electron chi connectivity index (χ2n) is 6.21. The molecule has 3 rings (SSSR count). The first kappa shape index (κ1) is 18.7. The average Bonchev–Trinajstić information content (AvgIpc) is 2.66. The zero-order chi connectivity index (χ0) is 18.2. The molecule has 2 aromatic rings. The number of rotatable bonds is 6. The molecule has 26 heavy (non-hydrogen) atoms. The number of amides is 2. The molecule has 4 N–H and O–H groups in total. The molecule has 0 aliphatic carbocycles. The number of hydrogen-bond acceptors (Lipinski definition) is 5. The maximum absolute atomic E-state index is 12.1. The minimum absolute atomic E-state index is 0.259. The fraction of sp³-hybridized carbons (Fsp3) is 0.368. The molecule has 1 aliphatic heterocycles. The summed E-state index contributed by atoms with van der Waals surface area (Å²) in [6.45, 7) is 1.36. The Hall–Kier alpha value is -2.09. The summed E-state index contributed by atoms with van der Waals surface area (Å²) in [6.07, 6.45) is 2.88. The molecule has 2 heterocycles. The molecule has 1 aliphatic rings. The van der Waals surface area contributed by atoms with E-state index in [-0.39, 0.29) is 12.1 Å². The van der Waals surface area contributed by atoms with E-state index < -0.39 is 6.10 Å². The number of aliphatic hydroxyl groups excluding tert-OH is 1. The van der Waals surface area contributed by atoms with Crippen molar-refractivity contribution in [2.75, 3.05) is 24.2 Å². The van der Waals surface area contributed by atoms with E-state index in [2.05, 4.69) is 20.9 Å². The Kier molecular flexibility index (Phi) is 6.88. The van der Waals surface area contributed by atoms with Crippen molar-refractivity contribution >= 4 is 23.5 Å². The van der Waals surface area contributed by atoms with Crippen molar-refractivity contribution in [3.8, 4) is 0 Å². The van der Waals surface area contributed by atoms with Gasteiger partial charge >= 0.3 is 6.03 Å². The minimum Gasteiger partial charge on any atom is -0.391 e. The quantitative estimate of drug-likeness (QED) is 0.585. The van der Waals surface area contributed by atoms with Crippen LogP contribution in [0.25, 0.3) is 0 Å². The van der Waals surface area contributed by atoms with E-state index in [1.807, 2.05) is 48.7 Å². The predicted molar refractivity (Wildman–Crippen MR) is 105 cm³/mol. The van der Waals surface area contributed by atoms with Crippen LogP contribution in [-0.4, -0.2) is 47.1 Å². The van der Waals surface area contributed by atoms with E-state index in [9.17, 15) is 9.90 Å². The Morgan fingerprint density at radius 2 is 2.12 bits per heavy atom. The Morgan fingerprint density at radius 1 is 1.27 bits per heavy atom. The van der Waals surface area contributed by atoms with Gasteiger partial charge in [-0.3, -0.25) is 4.98 Å². The number of aryl methyl sites for hydroxylation is 1. The Morgan fingerprint density at radius 3 is 2.85 bits per heavy atom. The largest absolute Gasteiger partial charge is 0.391 e. The highest BCUT2D eigenvalue weighted by Crippen LogP contribution is 2.21. The van der Waals surface area contributed by atoms with E-state index in [0.29, 0.717) is 13.0 Å². The van der Waals surface area contributed by atoms with Crippen LogP contribution in [0.15, 0.2) is 53.6 Å². The number of thioether (sulfide) groups is 1. The number of nitrogens with one attached hydrogen (secondary N) is 3. The van der Waals surface area contributed by atoms with E-state index in [0.717, 1.165) is 35.0 Å². The molecule has 0 spiro atoms. The van der Waals surface area contributed by atoms with Gasteiger partial charge in [0.15, 0.2) is 0 Å². The smallest absolute Gasteiger partial charge is 0.319 e. The molecule has 2 atom stereocenters. The van der Waals surface area contributed by atoms with E-state index in [1.165, 1.54) is 0 Å². The molecule has 138 valence electrons. The number of carbonyl (C=O) groups is 1. The summed E-state index contributed by atoms with van der Waals surface area (Å²) in [7, 11) is 0. The summed E-state index contributed by atoms with van der Waals surface area (Å²) in [5, 5.41) is 18.7. The van der Waals surface area contributed by atoms with Crippen LogP contribution in [0.4, 0.5) is 10.5 Å². The average molecular weight is 372 g/mol. The number of aromatic nitrogens is 1. The van der Waals surface area contributed by atoms with Crippen LogP contribution in [-0.2, 0) is 6.42 Å². The molecule has 0 radical (unpaired) electrons. The molecular formula is C19H24N4O2S. The third-order valence-corrected chi connectivity index (χ3v) is 5.24. The fourth-order valence-corrected chi connectivity index (χ4v) is 3.66. The minimum atomic E-state index is -0.500. The lowest BCUT2D eigenvalue weighted by Crippen LogP contribution is -2.54. The molecular weight excluding hydrogens is 348 g/mol. The van der Waals surface area contributed by atoms with Crippen molar-refractivity contribution < 1.29 is 9.90 Å². The highest BCUT2D eigenvalue weighted by molar-refractivity contribution is 7.99. The van der Waals surface area contributed by atoms with Gasteiger partial charge in [-0.2, -0.15) is 0 Å². The number of piperidine rings is 1. The van der Waals surface area contributed by atoms with Gasteiger partial charge < -0.3 is 21.1 Å². The van der Waals surface area contributed by atoms with Crippen LogP contribution in [0.2, 0.25) is 0 Å². The number of aliphatic hydroxyl groups is 1. The highest BCUT2D eigenvalue weighted by atomic mass is 32.2. The first-order valence-corrected chi connectivity index (χ1v) is 9.78. The number of hydrogen-bond donors (Lipinski definition) is 4. The van der Waals surface area contributed by atoms with Gasteiger partial charge in [-0.1, -0.05) is 6.07 Å². The molecule has 1 saturated heterocycles.